The molecular formula is C18H20N2O. The first-order valence-corrected chi connectivity index (χ1v) is 7.27. The summed E-state index contributed by atoms with van der Waals surface area (Å²) in [4.78, 5) is 12.5. The molecule has 3 rings (SSSR count). The molecular weight excluding hydrogens is 260 g/mol. The molecule has 0 heterocycles. The number of fused-ring (bicyclic) bond motifs is 1. The van der Waals surface area contributed by atoms with Gasteiger partial charge in [0.05, 0.1) is 6.04 Å². The van der Waals surface area contributed by atoms with E-state index in [-0.39, 0.29) is 18.0 Å². The van der Waals surface area contributed by atoms with Crippen molar-refractivity contribution in [2.24, 2.45) is 5.73 Å². The summed E-state index contributed by atoms with van der Waals surface area (Å²) in [6, 6.07) is 13.9. The zero-order chi connectivity index (χ0) is 15.0. The normalized spacial score (nSPS) is 20.1. The second kappa shape index (κ2) is 5.34. The average Bonchev–Trinajstić information content (AvgIpc) is 2.74. The van der Waals surface area contributed by atoms with E-state index in [1.165, 1.54) is 5.56 Å². The summed E-state index contributed by atoms with van der Waals surface area (Å²) < 4.78 is 0. The molecule has 0 fully saturated rings. The molecule has 2 aromatic carbocycles. The van der Waals surface area contributed by atoms with Gasteiger partial charge in [-0.3, -0.25) is 4.79 Å². The largest absolute Gasteiger partial charge is 0.344 e. The van der Waals surface area contributed by atoms with Crippen LogP contribution in [-0.2, 0) is 6.42 Å². The van der Waals surface area contributed by atoms with Crippen molar-refractivity contribution in [3.63, 3.8) is 0 Å². The third kappa shape index (κ3) is 2.69. The van der Waals surface area contributed by atoms with Crippen LogP contribution in [0.15, 0.2) is 42.5 Å². The molecule has 0 saturated heterocycles. The Morgan fingerprint density at radius 3 is 2.52 bits per heavy atom. The molecule has 2 aromatic rings. The van der Waals surface area contributed by atoms with Gasteiger partial charge < -0.3 is 11.1 Å². The van der Waals surface area contributed by atoms with Gasteiger partial charge in [-0.25, -0.2) is 0 Å². The predicted octanol–water partition coefficient (Wildman–Crippen LogP) is 2.66. The van der Waals surface area contributed by atoms with Gasteiger partial charge in [0.2, 0.25) is 0 Å². The molecule has 0 aliphatic heterocycles. The Morgan fingerprint density at radius 1 is 1.14 bits per heavy atom. The van der Waals surface area contributed by atoms with Crippen LogP contribution in [0.4, 0.5) is 0 Å². The van der Waals surface area contributed by atoms with Gasteiger partial charge in [-0.05, 0) is 43.5 Å². The molecule has 3 nitrogen and oxygen atoms in total. The number of benzene rings is 2. The van der Waals surface area contributed by atoms with Crippen LogP contribution in [0.3, 0.4) is 0 Å². The number of nitrogens with one attached hydrogen (secondary N) is 1. The van der Waals surface area contributed by atoms with Crippen molar-refractivity contribution in [1.29, 1.82) is 0 Å². The van der Waals surface area contributed by atoms with Crippen LogP contribution >= 0.6 is 0 Å². The van der Waals surface area contributed by atoms with E-state index in [0.29, 0.717) is 5.56 Å². The van der Waals surface area contributed by atoms with Crippen molar-refractivity contribution >= 4 is 5.91 Å². The van der Waals surface area contributed by atoms with Gasteiger partial charge in [0.25, 0.3) is 5.91 Å². The molecule has 21 heavy (non-hydrogen) atoms. The maximum absolute atomic E-state index is 12.5. The van der Waals surface area contributed by atoms with Gasteiger partial charge >= 0.3 is 0 Å². The number of hydrogen-bond donors (Lipinski definition) is 2. The molecule has 2 atom stereocenters. The highest BCUT2D eigenvalue weighted by atomic mass is 16.1. The van der Waals surface area contributed by atoms with E-state index in [1.54, 1.807) is 0 Å². The zero-order valence-electron chi connectivity index (χ0n) is 12.4. The highest BCUT2D eigenvalue weighted by molar-refractivity contribution is 5.95. The number of carbonyl (C=O) groups is 1. The Bertz CT molecular complexity index is 673. The predicted molar refractivity (Wildman–Crippen MR) is 84.2 cm³/mol. The lowest BCUT2D eigenvalue weighted by Gasteiger charge is -2.19. The number of nitrogens with two attached hydrogens (primary N) is 1. The van der Waals surface area contributed by atoms with E-state index < -0.39 is 0 Å². The minimum atomic E-state index is -0.102. The van der Waals surface area contributed by atoms with Crippen LogP contribution < -0.4 is 11.1 Å². The van der Waals surface area contributed by atoms with E-state index in [4.69, 9.17) is 5.73 Å². The third-order valence-corrected chi connectivity index (χ3v) is 4.04. The van der Waals surface area contributed by atoms with Gasteiger partial charge in [0.15, 0.2) is 0 Å². The van der Waals surface area contributed by atoms with Crippen LogP contribution in [0, 0.1) is 13.8 Å². The van der Waals surface area contributed by atoms with E-state index in [1.807, 2.05) is 38.1 Å². The fraction of sp³-hybridized carbons (Fsp3) is 0.278. The Balaban J connectivity index is 1.85. The number of rotatable bonds is 2. The van der Waals surface area contributed by atoms with E-state index in [0.717, 1.165) is 23.1 Å². The van der Waals surface area contributed by atoms with E-state index in [9.17, 15) is 4.79 Å². The van der Waals surface area contributed by atoms with Crippen LogP contribution in [0.2, 0.25) is 0 Å². The van der Waals surface area contributed by atoms with Gasteiger partial charge in [0, 0.05) is 11.6 Å². The first-order chi connectivity index (χ1) is 10.0. The lowest BCUT2D eigenvalue weighted by molar-refractivity contribution is 0.0933. The summed E-state index contributed by atoms with van der Waals surface area (Å²) in [5.74, 6) is -0.0565. The lowest BCUT2D eigenvalue weighted by atomic mass is 10.0. The minimum absolute atomic E-state index is 0.0565. The average molecular weight is 280 g/mol. The highest BCUT2D eigenvalue weighted by Gasteiger charge is 2.30. The number of carbonyl (C=O) groups excluding carboxylic acids is 1. The Kier molecular flexibility index (Phi) is 3.52. The summed E-state index contributed by atoms with van der Waals surface area (Å²) in [5.41, 5.74) is 11.5. The highest BCUT2D eigenvalue weighted by Crippen LogP contribution is 2.30. The summed E-state index contributed by atoms with van der Waals surface area (Å²) >= 11 is 0. The molecule has 1 amide bonds. The molecule has 1 aliphatic carbocycles. The summed E-state index contributed by atoms with van der Waals surface area (Å²) in [7, 11) is 0. The zero-order valence-corrected chi connectivity index (χ0v) is 12.4. The van der Waals surface area contributed by atoms with Crippen molar-refractivity contribution in [1.82, 2.24) is 5.32 Å². The van der Waals surface area contributed by atoms with Crippen LogP contribution in [-0.4, -0.2) is 11.9 Å². The fourth-order valence-corrected chi connectivity index (χ4v) is 3.14. The molecule has 1 aliphatic rings. The monoisotopic (exact) mass is 280 g/mol. The Morgan fingerprint density at radius 2 is 1.81 bits per heavy atom. The molecule has 0 radical (unpaired) electrons. The first-order valence-electron chi connectivity index (χ1n) is 7.27. The van der Waals surface area contributed by atoms with Crippen molar-refractivity contribution in [3.8, 4) is 0 Å². The summed E-state index contributed by atoms with van der Waals surface area (Å²) in [6.45, 7) is 4.00. The smallest absolute Gasteiger partial charge is 0.251 e. The number of amides is 1. The van der Waals surface area contributed by atoms with Gasteiger partial charge in [-0.1, -0.05) is 41.5 Å². The van der Waals surface area contributed by atoms with Gasteiger partial charge in [0.1, 0.15) is 0 Å². The topological polar surface area (TPSA) is 55.1 Å². The van der Waals surface area contributed by atoms with Gasteiger partial charge in [-0.15, -0.1) is 0 Å². The maximum atomic E-state index is 12.5. The fourth-order valence-electron chi connectivity index (χ4n) is 3.14. The minimum Gasteiger partial charge on any atom is -0.344 e. The molecule has 0 spiro atoms. The van der Waals surface area contributed by atoms with Crippen molar-refractivity contribution in [3.05, 3.63) is 70.3 Å². The second-order valence-electron chi connectivity index (χ2n) is 5.89. The summed E-state index contributed by atoms with van der Waals surface area (Å²) in [6.07, 6.45) is 0.813. The van der Waals surface area contributed by atoms with E-state index >= 15 is 0 Å². The SMILES string of the molecule is Cc1cc(C)cc(C(=O)NC2c3ccccc3CC2N)c1. The molecule has 3 N–H and O–H groups in total. The van der Waals surface area contributed by atoms with Gasteiger partial charge in [-0.2, -0.15) is 0 Å². The third-order valence-electron chi connectivity index (χ3n) is 4.04. The Hall–Kier alpha value is -2.13. The Labute approximate surface area is 125 Å². The maximum Gasteiger partial charge on any atom is 0.251 e. The van der Waals surface area contributed by atoms with Crippen LogP contribution in [0.1, 0.15) is 38.7 Å². The molecule has 108 valence electrons. The second-order valence-corrected chi connectivity index (χ2v) is 5.89. The molecule has 0 aromatic heterocycles. The van der Waals surface area contributed by atoms with Crippen LogP contribution in [0.25, 0.3) is 0 Å². The molecule has 0 bridgehead atoms. The van der Waals surface area contributed by atoms with E-state index in [2.05, 4.69) is 23.5 Å². The lowest BCUT2D eigenvalue weighted by Crippen LogP contribution is -2.38. The van der Waals surface area contributed by atoms with Crippen molar-refractivity contribution < 1.29 is 4.79 Å². The quantitative estimate of drug-likeness (QED) is 0.888. The number of aryl methyl sites for hydroxylation is 2. The first kappa shape index (κ1) is 13.8. The standard InChI is InChI=1S/C18H20N2O/c1-11-7-12(2)9-14(8-11)18(21)20-17-15-6-4-3-5-13(15)10-16(17)19/h3-9,16-17H,10,19H2,1-2H3,(H,20,21). The molecule has 2 unspecified atom stereocenters. The van der Waals surface area contributed by atoms with Crippen LogP contribution in [0.5, 0.6) is 0 Å². The van der Waals surface area contributed by atoms with Crippen molar-refractivity contribution in [2.45, 2.75) is 32.4 Å². The molecule has 0 saturated carbocycles. The molecule has 3 heteroatoms. The summed E-state index contributed by atoms with van der Waals surface area (Å²) in [5, 5.41) is 3.09. The van der Waals surface area contributed by atoms with Crippen molar-refractivity contribution in [2.75, 3.05) is 0 Å². The number of hydrogen-bond acceptors (Lipinski definition) is 2.